The fourth-order valence-electron chi connectivity index (χ4n) is 2.37. The van der Waals surface area contributed by atoms with E-state index in [2.05, 4.69) is 4.40 Å². The normalized spacial score (nSPS) is 13.5. The minimum absolute atomic E-state index is 0.166. The molecule has 30 heavy (non-hydrogen) atoms. The van der Waals surface area contributed by atoms with Gasteiger partial charge in [0.1, 0.15) is 27.5 Å². The molecular formula is C23H28FNO3S2. The molecule has 0 aromatic heterocycles. The molecule has 162 valence electrons. The van der Waals surface area contributed by atoms with Crippen molar-refractivity contribution in [1.29, 1.82) is 0 Å². The maximum absolute atomic E-state index is 13.9. The van der Waals surface area contributed by atoms with Crippen LogP contribution >= 0.6 is 11.8 Å². The van der Waals surface area contributed by atoms with Crippen LogP contribution in [-0.2, 0) is 16.1 Å². The zero-order valence-corrected chi connectivity index (χ0v) is 20.0. The van der Waals surface area contributed by atoms with Crippen molar-refractivity contribution in [1.82, 2.24) is 0 Å². The van der Waals surface area contributed by atoms with Crippen LogP contribution in [0.25, 0.3) is 0 Å². The number of esters is 1. The number of ether oxygens (including phenoxy) is 1. The van der Waals surface area contributed by atoms with Crippen molar-refractivity contribution in [2.24, 2.45) is 4.40 Å². The number of carbonyl (C=O) groups is 1. The van der Waals surface area contributed by atoms with Gasteiger partial charge in [-0.15, -0.1) is 0 Å². The molecule has 0 fully saturated rings. The molecule has 0 aliphatic rings. The number of rotatable bonds is 5. The van der Waals surface area contributed by atoms with E-state index in [9.17, 15) is 13.7 Å². The van der Waals surface area contributed by atoms with Crippen LogP contribution in [-0.4, -0.2) is 27.1 Å². The predicted octanol–water partition coefficient (Wildman–Crippen LogP) is 6.12. The van der Waals surface area contributed by atoms with E-state index in [4.69, 9.17) is 4.74 Å². The van der Waals surface area contributed by atoms with Gasteiger partial charge in [-0.2, -0.15) is 0 Å². The summed E-state index contributed by atoms with van der Waals surface area (Å²) in [5.41, 5.74) is 1.21. The first kappa shape index (κ1) is 24.4. The molecule has 0 amide bonds. The highest BCUT2D eigenvalue weighted by Gasteiger charge is 2.26. The Labute approximate surface area is 185 Å². The number of carbonyl (C=O) groups excluding carboxylic acids is 1. The van der Waals surface area contributed by atoms with Gasteiger partial charge in [-0.25, -0.2) is 9.18 Å². The van der Waals surface area contributed by atoms with Crippen molar-refractivity contribution >= 4 is 35.3 Å². The summed E-state index contributed by atoms with van der Waals surface area (Å²) in [6, 6.07) is 9.78. The van der Waals surface area contributed by atoms with Crippen molar-refractivity contribution in [3.8, 4) is 0 Å². The Morgan fingerprint density at radius 2 is 1.83 bits per heavy atom. The molecule has 4 nitrogen and oxygen atoms in total. The molecule has 0 saturated heterocycles. The first-order valence-electron chi connectivity index (χ1n) is 9.54. The molecule has 0 spiro atoms. The van der Waals surface area contributed by atoms with Gasteiger partial charge in [-0.1, -0.05) is 34.4 Å². The Morgan fingerprint density at radius 3 is 2.43 bits per heavy atom. The smallest absolute Gasteiger partial charge is 0.339 e. The average molecular weight is 450 g/mol. The molecule has 2 aromatic rings. The summed E-state index contributed by atoms with van der Waals surface area (Å²) in [6.07, 6.45) is 1.59. The fraction of sp³-hybridized carbons (Fsp3) is 0.391. The van der Waals surface area contributed by atoms with E-state index in [0.717, 1.165) is 16.0 Å². The standard InChI is InChI=1S/C23H28FNO3S2/c1-15-9-8-10-16(14-25-30(27)23(5,6)7)20(15)29-19-12-11-17(24)13-18(19)21(26)28-22(2,3)4/h8-14H,1-7H3. The van der Waals surface area contributed by atoms with Gasteiger partial charge in [-0.3, -0.25) is 0 Å². The van der Waals surface area contributed by atoms with Crippen molar-refractivity contribution in [2.75, 3.05) is 0 Å². The molecular weight excluding hydrogens is 421 g/mol. The number of nitrogens with zero attached hydrogens (tertiary/aromatic N) is 1. The zero-order valence-electron chi connectivity index (χ0n) is 18.4. The quantitative estimate of drug-likeness (QED) is 0.313. The maximum atomic E-state index is 13.9. The van der Waals surface area contributed by atoms with Crippen molar-refractivity contribution in [3.63, 3.8) is 0 Å². The fourth-order valence-corrected chi connectivity index (χ4v) is 3.97. The zero-order chi connectivity index (χ0) is 22.7. The maximum Gasteiger partial charge on any atom is 0.339 e. The largest absolute Gasteiger partial charge is 0.591 e. The summed E-state index contributed by atoms with van der Waals surface area (Å²) in [6.45, 7) is 12.8. The summed E-state index contributed by atoms with van der Waals surface area (Å²) >= 11 is -0.0570. The number of benzene rings is 2. The third-order valence-corrected chi connectivity index (χ3v) is 6.51. The number of hydrogen-bond acceptors (Lipinski definition) is 5. The van der Waals surface area contributed by atoms with Gasteiger partial charge in [0.2, 0.25) is 0 Å². The van der Waals surface area contributed by atoms with Crippen LogP contribution in [0.15, 0.2) is 50.6 Å². The molecule has 0 heterocycles. The van der Waals surface area contributed by atoms with E-state index in [1.165, 1.54) is 23.9 Å². The highest BCUT2D eigenvalue weighted by molar-refractivity contribution is 7.99. The summed E-state index contributed by atoms with van der Waals surface area (Å²) < 4.78 is 35.4. The predicted molar refractivity (Wildman–Crippen MR) is 122 cm³/mol. The van der Waals surface area contributed by atoms with Crippen molar-refractivity contribution in [2.45, 2.75) is 68.6 Å². The molecule has 0 radical (unpaired) electrons. The lowest BCUT2D eigenvalue weighted by atomic mass is 10.1. The van der Waals surface area contributed by atoms with Gasteiger partial charge < -0.3 is 9.29 Å². The monoisotopic (exact) mass is 449 g/mol. The van der Waals surface area contributed by atoms with Crippen LogP contribution in [0.4, 0.5) is 4.39 Å². The van der Waals surface area contributed by atoms with E-state index in [1.54, 1.807) is 33.1 Å². The Bertz CT molecular complexity index is 946. The molecule has 1 unspecified atom stereocenters. The highest BCUT2D eigenvalue weighted by Crippen LogP contribution is 2.36. The average Bonchev–Trinajstić information content (AvgIpc) is 2.60. The third-order valence-electron chi connectivity index (χ3n) is 3.83. The molecule has 0 N–H and O–H groups in total. The molecule has 2 rings (SSSR count). The van der Waals surface area contributed by atoms with Gasteiger partial charge in [0, 0.05) is 15.4 Å². The summed E-state index contributed by atoms with van der Waals surface area (Å²) in [5.74, 6) is -1.09. The number of halogens is 1. The van der Waals surface area contributed by atoms with E-state index < -0.39 is 33.5 Å². The second-order valence-corrected chi connectivity index (χ2v) is 11.8. The van der Waals surface area contributed by atoms with E-state index in [1.807, 2.05) is 45.9 Å². The summed E-state index contributed by atoms with van der Waals surface area (Å²) in [7, 11) is 0. The molecule has 1 atom stereocenters. The Morgan fingerprint density at radius 1 is 1.17 bits per heavy atom. The van der Waals surface area contributed by atoms with E-state index in [0.29, 0.717) is 4.90 Å². The van der Waals surface area contributed by atoms with Gasteiger partial charge in [0.15, 0.2) is 0 Å². The lowest BCUT2D eigenvalue weighted by Crippen LogP contribution is -2.25. The SMILES string of the molecule is Cc1cccc(C=N[S+]([O-])C(C)(C)C)c1Sc1ccc(F)cc1C(=O)OC(C)(C)C. The van der Waals surface area contributed by atoms with Gasteiger partial charge in [0.05, 0.1) is 11.8 Å². The molecule has 0 aliphatic carbocycles. The molecule has 2 aromatic carbocycles. The van der Waals surface area contributed by atoms with Crippen LogP contribution in [0, 0.1) is 12.7 Å². The Balaban J connectivity index is 2.44. The van der Waals surface area contributed by atoms with Crippen LogP contribution < -0.4 is 0 Å². The molecule has 0 saturated carbocycles. The second-order valence-electron chi connectivity index (χ2n) is 8.83. The summed E-state index contributed by atoms with van der Waals surface area (Å²) in [4.78, 5) is 14.1. The lowest BCUT2D eigenvalue weighted by molar-refractivity contribution is 0.00650. The lowest BCUT2D eigenvalue weighted by Gasteiger charge is -2.21. The molecule has 7 heteroatoms. The Kier molecular flexibility index (Phi) is 7.77. The topological polar surface area (TPSA) is 61.7 Å². The minimum atomic E-state index is -1.39. The molecule has 0 bridgehead atoms. The molecule has 0 aliphatic heterocycles. The van der Waals surface area contributed by atoms with E-state index in [-0.39, 0.29) is 5.56 Å². The van der Waals surface area contributed by atoms with Gasteiger partial charge in [0.25, 0.3) is 0 Å². The Hall–Kier alpha value is -1.83. The van der Waals surface area contributed by atoms with Crippen LogP contribution in [0.2, 0.25) is 0 Å². The second kappa shape index (κ2) is 9.54. The number of hydrogen-bond donors (Lipinski definition) is 0. The minimum Gasteiger partial charge on any atom is -0.591 e. The first-order valence-corrected chi connectivity index (χ1v) is 11.5. The van der Waals surface area contributed by atoms with Gasteiger partial charge >= 0.3 is 5.97 Å². The van der Waals surface area contributed by atoms with E-state index >= 15 is 0 Å². The van der Waals surface area contributed by atoms with Crippen molar-refractivity contribution < 1.29 is 18.5 Å². The third kappa shape index (κ3) is 6.86. The number of aryl methyl sites for hydroxylation is 1. The van der Waals surface area contributed by atoms with Crippen LogP contribution in [0.5, 0.6) is 0 Å². The van der Waals surface area contributed by atoms with Crippen LogP contribution in [0.1, 0.15) is 63.0 Å². The first-order chi connectivity index (χ1) is 13.8. The van der Waals surface area contributed by atoms with Crippen molar-refractivity contribution in [3.05, 3.63) is 58.9 Å². The van der Waals surface area contributed by atoms with Gasteiger partial charge in [-0.05, 0) is 72.2 Å². The highest BCUT2D eigenvalue weighted by atomic mass is 32.2. The van der Waals surface area contributed by atoms with Crippen LogP contribution in [0.3, 0.4) is 0 Å². The summed E-state index contributed by atoms with van der Waals surface area (Å²) in [5, 5.41) is 0.